The van der Waals surface area contributed by atoms with Crippen molar-refractivity contribution < 1.29 is 9.59 Å². The van der Waals surface area contributed by atoms with Gasteiger partial charge in [-0.2, -0.15) is 0 Å². The number of hydrogen-bond acceptors (Lipinski definition) is 3. The third kappa shape index (κ3) is 4.09. The molecule has 0 spiro atoms. The molecule has 5 heteroatoms. The van der Waals surface area contributed by atoms with Crippen LogP contribution in [0, 0.1) is 19.8 Å². The van der Waals surface area contributed by atoms with Gasteiger partial charge in [-0.05, 0) is 56.5 Å². The fourth-order valence-electron chi connectivity index (χ4n) is 3.93. The summed E-state index contributed by atoms with van der Waals surface area (Å²) in [5.74, 6) is 0.460. The Bertz CT molecular complexity index is 657. The summed E-state index contributed by atoms with van der Waals surface area (Å²) in [6.45, 7) is 12.3. The second-order valence-corrected chi connectivity index (χ2v) is 7.63. The van der Waals surface area contributed by atoms with Crippen molar-refractivity contribution >= 4 is 11.8 Å². The Morgan fingerprint density at radius 2 is 1.58 bits per heavy atom. The number of carbonyl (C=O) groups excluding carboxylic acids is 2. The van der Waals surface area contributed by atoms with Crippen LogP contribution in [0.1, 0.15) is 41.3 Å². The lowest BCUT2D eigenvalue weighted by atomic mass is 9.94. The molecule has 2 aliphatic heterocycles. The van der Waals surface area contributed by atoms with Crippen LogP contribution in [0.4, 0.5) is 0 Å². The van der Waals surface area contributed by atoms with Crippen molar-refractivity contribution in [3.05, 3.63) is 34.9 Å². The summed E-state index contributed by atoms with van der Waals surface area (Å²) in [6.07, 6.45) is 1.56. The molecule has 2 saturated heterocycles. The number of likely N-dealkylation sites (tertiary alicyclic amines) is 1. The van der Waals surface area contributed by atoms with Crippen LogP contribution in [0.5, 0.6) is 0 Å². The summed E-state index contributed by atoms with van der Waals surface area (Å²) in [5, 5.41) is 0. The maximum Gasteiger partial charge on any atom is 0.253 e. The molecule has 5 nitrogen and oxygen atoms in total. The van der Waals surface area contributed by atoms with E-state index in [1.807, 2.05) is 34.9 Å². The quantitative estimate of drug-likeness (QED) is 0.834. The van der Waals surface area contributed by atoms with Crippen molar-refractivity contribution in [3.63, 3.8) is 0 Å². The molecule has 0 aromatic heterocycles. The SMILES string of the molecule is CCN1CCN(C(=O)C2CCN(C(=O)c3ccc(C)c(C)c3)CC2)CC1. The lowest BCUT2D eigenvalue weighted by Gasteiger charge is -2.38. The first kappa shape index (κ1) is 18.9. The van der Waals surface area contributed by atoms with Crippen LogP contribution in [0.3, 0.4) is 0 Å². The molecular formula is C21H31N3O2. The third-order valence-electron chi connectivity index (χ3n) is 6.02. The molecule has 3 rings (SSSR count). The number of likely N-dealkylation sites (N-methyl/N-ethyl adjacent to an activating group) is 1. The van der Waals surface area contributed by atoms with Gasteiger partial charge in [-0.25, -0.2) is 0 Å². The highest BCUT2D eigenvalue weighted by Gasteiger charge is 2.31. The maximum atomic E-state index is 12.8. The number of hydrogen-bond donors (Lipinski definition) is 0. The van der Waals surface area contributed by atoms with Crippen molar-refractivity contribution in [1.82, 2.24) is 14.7 Å². The molecule has 0 radical (unpaired) electrons. The number of piperazine rings is 1. The molecule has 26 heavy (non-hydrogen) atoms. The van der Waals surface area contributed by atoms with Gasteiger partial charge in [-0.1, -0.05) is 13.0 Å². The van der Waals surface area contributed by atoms with Crippen LogP contribution in [0.2, 0.25) is 0 Å². The number of piperidine rings is 1. The van der Waals surface area contributed by atoms with E-state index in [0.717, 1.165) is 56.7 Å². The first-order valence-electron chi connectivity index (χ1n) is 9.87. The standard InChI is InChI=1S/C21H31N3O2/c1-4-22-11-13-24(14-12-22)20(25)18-7-9-23(10-8-18)21(26)19-6-5-16(2)17(3)15-19/h5-6,15,18H,4,7-14H2,1-3H3. The summed E-state index contributed by atoms with van der Waals surface area (Å²) >= 11 is 0. The first-order chi connectivity index (χ1) is 12.5. The van der Waals surface area contributed by atoms with E-state index in [-0.39, 0.29) is 11.8 Å². The summed E-state index contributed by atoms with van der Waals surface area (Å²) in [6, 6.07) is 5.89. The average Bonchev–Trinajstić information content (AvgIpc) is 2.69. The van der Waals surface area contributed by atoms with Gasteiger partial charge in [-0.15, -0.1) is 0 Å². The van der Waals surface area contributed by atoms with E-state index in [0.29, 0.717) is 19.0 Å². The number of benzene rings is 1. The minimum atomic E-state index is 0.0759. The topological polar surface area (TPSA) is 43.9 Å². The van der Waals surface area contributed by atoms with Crippen LogP contribution in [0.15, 0.2) is 18.2 Å². The van der Waals surface area contributed by atoms with E-state index in [1.165, 1.54) is 5.56 Å². The smallest absolute Gasteiger partial charge is 0.253 e. The molecule has 2 aliphatic rings. The van der Waals surface area contributed by atoms with Gasteiger partial charge in [0.05, 0.1) is 0 Å². The predicted octanol–water partition coefficient (Wildman–Crippen LogP) is 2.32. The molecule has 2 heterocycles. The third-order valence-corrected chi connectivity index (χ3v) is 6.02. The molecule has 0 aliphatic carbocycles. The molecule has 2 fully saturated rings. The predicted molar refractivity (Wildman–Crippen MR) is 103 cm³/mol. The van der Waals surface area contributed by atoms with Crippen molar-refractivity contribution in [2.45, 2.75) is 33.6 Å². The van der Waals surface area contributed by atoms with E-state index in [9.17, 15) is 9.59 Å². The van der Waals surface area contributed by atoms with Gasteiger partial charge in [-0.3, -0.25) is 9.59 Å². The first-order valence-corrected chi connectivity index (χ1v) is 9.87. The molecule has 0 bridgehead atoms. The molecule has 0 saturated carbocycles. The Hall–Kier alpha value is -1.88. The van der Waals surface area contributed by atoms with Crippen molar-refractivity contribution in [2.24, 2.45) is 5.92 Å². The Balaban J connectivity index is 1.53. The molecule has 0 atom stereocenters. The highest BCUT2D eigenvalue weighted by Crippen LogP contribution is 2.22. The fraction of sp³-hybridized carbons (Fsp3) is 0.619. The zero-order valence-electron chi connectivity index (χ0n) is 16.3. The molecule has 0 unspecified atom stereocenters. The molecule has 1 aromatic carbocycles. The molecule has 1 aromatic rings. The molecule has 2 amide bonds. The fourth-order valence-corrected chi connectivity index (χ4v) is 3.93. The van der Waals surface area contributed by atoms with E-state index < -0.39 is 0 Å². The minimum Gasteiger partial charge on any atom is -0.340 e. The van der Waals surface area contributed by atoms with E-state index in [4.69, 9.17) is 0 Å². The largest absolute Gasteiger partial charge is 0.340 e. The second kappa shape index (κ2) is 8.21. The average molecular weight is 357 g/mol. The molecule has 0 N–H and O–H groups in total. The summed E-state index contributed by atoms with van der Waals surface area (Å²) in [5.41, 5.74) is 3.11. The van der Waals surface area contributed by atoms with E-state index >= 15 is 0 Å². The zero-order valence-corrected chi connectivity index (χ0v) is 16.3. The Kier molecular flexibility index (Phi) is 5.97. The monoisotopic (exact) mass is 357 g/mol. The number of amides is 2. The van der Waals surface area contributed by atoms with Crippen molar-refractivity contribution in [1.29, 1.82) is 0 Å². The lowest BCUT2D eigenvalue weighted by Crippen LogP contribution is -2.51. The van der Waals surface area contributed by atoms with Crippen LogP contribution >= 0.6 is 0 Å². The van der Waals surface area contributed by atoms with Crippen molar-refractivity contribution in [3.8, 4) is 0 Å². The van der Waals surface area contributed by atoms with Crippen LogP contribution in [-0.4, -0.2) is 72.3 Å². The molecular weight excluding hydrogens is 326 g/mol. The summed E-state index contributed by atoms with van der Waals surface area (Å²) in [7, 11) is 0. The zero-order chi connectivity index (χ0) is 18.7. The van der Waals surface area contributed by atoms with Gasteiger partial charge in [0.1, 0.15) is 0 Å². The number of carbonyl (C=O) groups is 2. The normalized spacial score (nSPS) is 19.7. The Morgan fingerprint density at radius 3 is 2.15 bits per heavy atom. The van der Waals surface area contributed by atoms with Gasteiger partial charge in [0, 0.05) is 50.7 Å². The molecule has 142 valence electrons. The van der Waals surface area contributed by atoms with Crippen LogP contribution < -0.4 is 0 Å². The summed E-state index contributed by atoms with van der Waals surface area (Å²) in [4.78, 5) is 31.8. The number of aryl methyl sites for hydroxylation is 2. The van der Waals surface area contributed by atoms with Gasteiger partial charge < -0.3 is 14.7 Å². The second-order valence-electron chi connectivity index (χ2n) is 7.63. The van der Waals surface area contributed by atoms with Crippen LogP contribution in [-0.2, 0) is 4.79 Å². The van der Waals surface area contributed by atoms with E-state index in [1.54, 1.807) is 0 Å². The highest BCUT2D eigenvalue weighted by atomic mass is 16.2. The maximum absolute atomic E-state index is 12.8. The highest BCUT2D eigenvalue weighted by molar-refractivity contribution is 5.94. The van der Waals surface area contributed by atoms with Crippen LogP contribution in [0.25, 0.3) is 0 Å². The van der Waals surface area contributed by atoms with E-state index in [2.05, 4.69) is 18.7 Å². The van der Waals surface area contributed by atoms with Gasteiger partial charge >= 0.3 is 0 Å². The lowest BCUT2D eigenvalue weighted by molar-refractivity contribution is -0.138. The number of nitrogens with zero attached hydrogens (tertiary/aromatic N) is 3. The van der Waals surface area contributed by atoms with Gasteiger partial charge in [0.25, 0.3) is 5.91 Å². The Labute approximate surface area is 156 Å². The summed E-state index contributed by atoms with van der Waals surface area (Å²) < 4.78 is 0. The van der Waals surface area contributed by atoms with Crippen molar-refractivity contribution in [2.75, 3.05) is 45.8 Å². The Morgan fingerprint density at radius 1 is 0.923 bits per heavy atom. The van der Waals surface area contributed by atoms with Gasteiger partial charge in [0.2, 0.25) is 5.91 Å². The van der Waals surface area contributed by atoms with Gasteiger partial charge in [0.15, 0.2) is 0 Å². The number of rotatable bonds is 3. The minimum absolute atomic E-state index is 0.0759.